The third kappa shape index (κ3) is 1.64. The number of nitrogens with zero attached hydrogens (tertiary/aromatic N) is 3. The Labute approximate surface area is 83.8 Å². The Morgan fingerprint density at radius 1 is 1.21 bits per heavy atom. The van der Waals surface area contributed by atoms with Crippen molar-refractivity contribution in [3.05, 3.63) is 29.8 Å². The van der Waals surface area contributed by atoms with Gasteiger partial charge >= 0.3 is 0 Å². The van der Waals surface area contributed by atoms with Crippen LogP contribution in [0.1, 0.15) is 26.8 Å². The molecular formula is C10H14N4. The zero-order valence-corrected chi connectivity index (χ0v) is 8.23. The van der Waals surface area contributed by atoms with Gasteiger partial charge in [0.25, 0.3) is 0 Å². The van der Waals surface area contributed by atoms with Crippen molar-refractivity contribution in [2.45, 2.75) is 19.8 Å². The molecule has 1 aromatic carbocycles. The monoisotopic (exact) mass is 190 g/mol. The number of aromatic nitrogens is 4. The molecule has 0 aliphatic heterocycles. The average molecular weight is 190 g/mol. The van der Waals surface area contributed by atoms with E-state index in [2.05, 4.69) is 46.6 Å². The molecule has 0 saturated heterocycles. The minimum absolute atomic E-state index is 0. The van der Waals surface area contributed by atoms with Crippen molar-refractivity contribution < 1.29 is 1.43 Å². The van der Waals surface area contributed by atoms with Crippen molar-refractivity contribution in [2.75, 3.05) is 0 Å². The van der Waals surface area contributed by atoms with Crippen LogP contribution in [-0.4, -0.2) is 20.6 Å². The molecule has 2 aromatic rings. The van der Waals surface area contributed by atoms with E-state index in [1.807, 2.05) is 12.1 Å². The van der Waals surface area contributed by atoms with Gasteiger partial charge in [0.2, 0.25) is 5.82 Å². The predicted octanol–water partition coefficient (Wildman–Crippen LogP) is 2.24. The highest BCUT2D eigenvalue weighted by atomic mass is 15.5. The van der Waals surface area contributed by atoms with Gasteiger partial charge in [0.05, 0.1) is 0 Å². The molecule has 4 heteroatoms. The number of hydrogen-bond donors (Lipinski definition) is 1. The Hall–Kier alpha value is -1.71. The normalized spacial score (nSPS) is 10.8. The molecule has 14 heavy (non-hydrogen) atoms. The standard InChI is InChI=1S/C10H12N4.H2/c1-7(2)8-3-5-9(6-4-8)10-11-13-14-12-10;/h3-7H,1-2H3,(H,11,12,13,14);1H. The fraction of sp³-hybridized carbons (Fsp3) is 0.300. The van der Waals surface area contributed by atoms with Crippen LogP contribution >= 0.6 is 0 Å². The first-order valence-electron chi connectivity index (χ1n) is 4.61. The molecule has 0 unspecified atom stereocenters. The third-order valence-electron chi connectivity index (χ3n) is 2.18. The smallest absolute Gasteiger partial charge is 0.177 e. The quantitative estimate of drug-likeness (QED) is 0.790. The molecule has 0 atom stereocenters. The molecule has 1 N–H and O–H groups in total. The van der Waals surface area contributed by atoms with Crippen molar-refractivity contribution in [2.24, 2.45) is 0 Å². The summed E-state index contributed by atoms with van der Waals surface area (Å²) >= 11 is 0. The zero-order valence-electron chi connectivity index (χ0n) is 8.23. The van der Waals surface area contributed by atoms with E-state index in [-0.39, 0.29) is 1.43 Å². The highest BCUT2D eigenvalue weighted by molar-refractivity contribution is 5.54. The van der Waals surface area contributed by atoms with Crippen molar-refractivity contribution in [3.63, 3.8) is 0 Å². The van der Waals surface area contributed by atoms with Crippen LogP contribution < -0.4 is 0 Å². The maximum absolute atomic E-state index is 3.91. The molecule has 4 nitrogen and oxygen atoms in total. The van der Waals surface area contributed by atoms with Gasteiger partial charge in [0.1, 0.15) is 0 Å². The van der Waals surface area contributed by atoms with E-state index in [9.17, 15) is 0 Å². The van der Waals surface area contributed by atoms with Crippen LogP contribution in [0.5, 0.6) is 0 Å². The molecule has 0 bridgehead atoms. The fourth-order valence-electron chi connectivity index (χ4n) is 1.30. The molecule has 0 saturated carbocycles. The summed E-state index contributed by atoms with van der Waals surface area (Å²) in [5.74, 6) is 1.19. The van der Waals surface area contributed by atoms with Crippen molar-refractivity contribution in [1.29, 1.82) is 0 Å². The van der Waals surface area contributed by atoms with Gasteiger partial charge in [-0.3, -0.25) is 0 Å². The van der Waals surface area contributed by atoms with Gasteiger partial charge in [-0.1, -0.05) is 38.1 Å². The lowest BCUT2D eigenvalue weighted by molar-refractivity contribution is 0.867. The number of aromatic amines is 1. The van der Waals surface area contributed by atoms with E-state index in [0.29, 0.717) is 11.7 Å². The molecule has 1 aromatic heterocycles. The second-order valence-corrected chi connectivity index (χ2v) is 3.51. The summed E-state index contributed by atoms with van der Waals surface area (Å²) in [6.45, 7) is 4.34. The lowest BCUT2D eigenvalue weighted by Gasteiger charge is -2.04. The summed E-state index contributed by atoms with van der Waals surface area (Å²) in [4.78, 5) is 0. The van der Waals surface area contributed by atoms with Gasteiger partial charge in [-0.2, -0.15) is 5.21 Å². The fourth-order valence-corrected chi connectivity index (χ4v) is 1.30. The van der Waals surface area contributed by atoms with Gasteiger partial charge in [0, 0.05) is 6.99 Å². The van der Waals surface area contributed by atoms with E-state index in [0.717, 1.165) is 5.56 Å². The van der Waals surface area contributed by atoms with Crippen LogP contribution in [0.25, 0.3) is 11.4 Å². The van der Waals surface area contributed by atoms with E-state index >= 15 is 0 Å². The molecule has 2 rings (SSSR count). The lowest BCUT2D eigenvalue weighted by atomic mass is 10.0. The summed E-state index contributed by atoms with van der Waals surface area (Å²) in [6.07, 6.45) is 0. The lowest BCUT2D eigenvalue weighted by Crippen LogP contribution is -1.87. The molecule has 0 radical (unpaired) electrons. The van der Waals surface area contributed by atoms with E-state index < -0.39 is 0 Å². The maximum Gasteiger partial charge on any atom is 0.204 e. The topological polar surface area (TPSA) is 54.5 Å². The van der Waals surface area contributed by atoms with Crippen LogP contribution in [0.2, 0.25) is 0 Å². The van der Waals surface area contributed by atoms with Gasteiger partial charge < -0.3 is 0 Å². The minimum Gasteiger partial charge on any atom is -0.177 e. The Bertz CT molecular complexity index is 394. The molecule has 1 heterocycles. The highest BCUT2D eigenvalue weighted by Gasteiger charge is 2.03. The van der Waals surface area contributed by atoms with Crippen LogP contribution in [0.3, 0.4) is 0 Å². The summed E-state index contributed by atoms with van der Waals surface area (Å²) in [5, 5.41) is 13.8. The zero-order chi connectivity index (χ0) is 9.97. The molecule has 0 fully saturated rings. The second-order valence-electron chi connectivity index (χ2n) is 3.51. The van der Waals surface area contributed by atoms with Crippen molar-refractivity contribution in [3.8, 4) is 11.4 Å². The second kappa shape index (κ2) is 3.57. The molecular weight excluding hydrogens is 176 g/mol. The summed E-state index contributed by atoms with van der Waals surface area (Å²) in [5.41, 5.74) is 2.31. The van der Waals surface area contributed by atoms with Gasteiger partial charge in [-0.15, -0.1) is 10.2 Å². The van der Waals surface area contributed by atoms with Gasteiger partial charge in [-0.05, 0) is 16.7 Å². The molecule has 0 aliphatic carbocycles. The first-order chi connectivity index (χ1) is 6.77. The van der Waals surface area contributed by atoms with E-state index in [1.165, 1.54) is 5.56 Å². The van der Waals surface area contributed by atoms with Crippen LogP contribution in [-0.2, 0) is 0 Å². The number of benzene rings is 1. The minimum atomic E-state index is 0. The van der Waals surface area contributed by atoms with E-state index in [1.54, 1.807) is 0 Å². The van der Waals surface area contributed by atoms with Gasteiger partial charge in [0.15, 0.2) is 0 Å². The Morgan fingerprint density at radius 3 is 2.43 bits per heavy atom. The predicted molar refractivity (Wildman–Crippen MR) is 55.8 cm³/mol. The highest BCUT2D eigenvalue weighted by Crippen LogP contribution is 2.18. The third-order valence-corrected chi connectivity index (χ3v) is 2.18. The van der Waals surface area contributed by atoms with Crippen LogP contribution in [0.15, 0.2) is 24.3 Å². The van der Waals surface area contributed by atoms with Gasteiger partial charge in [-0.25, -0.2) is 0 Å². The summed E-state index contributed by atoms with van der Waals surface area (Å²) in [6, 6.07) is 8.22. The van der Waals surface area contributed by atoms with Crippen molar-refractivity contribution in [1.82, 2.24) is 20.6 Å². The van der Waals surface area contributed by atoms with Crippen molar-refractivity contribution >= 4 is 0 Å². The number of hydrogen-bond acceptors (Lipinski definition) is 3. The van der Waals surface area contributed by atoms with E-state index in [4.69, 9.17) is 0 Å². The Balaban J connectivity index is 0.00000112. The SMILES string of the molecule is CC(C)c1ccc(-c2nn[nH]n2)cc1.[HH]. The molecule has 74 valence electrons. The summed E-state index contributed by atoms with van der Waals surface area (Å²) in [7, 11) is 0. The molecule has 0 aliphatic rings. The number of rotatable bonds is 2. The summed E-state index contributed by atoms with van der Waals surface area (Å²) < 4.78 is 0. The number of H-pyrrole nitrogens is 1. The Kier molecular flexibility index (Phi) is 2.26. The molecule has 0 spiro atoms. The average Bonchev–Trinajstić information content (AvgIpc) is 2.71. The van der Waals surface area contributed by atoms with Crippen LogP contribution in [0.4, 0.5) is 0 Å². The Morgan fingerprint density at radius 2 is 1.93 bits per heavy atom. The largest absolute Gasteiger partial charge is 0.204 e. The molecule has 0 amide bonds. The first kappa shape index (κ1) is 8.87. The first-order valence-corrected chi connectivity index (χ1v) is 4.61. The number of tetrazole rings is 1. The number of nitrogens with one attached hydrogen (secondary N) is 1. The van der Waals surface area contributed by atoms with Crippen LogP contribution in [0, 0.1) is 0 Å². The maximum atomic E-state index is 3.91.